The van der Waals surface area contributed by atoms with Crippen LogP contribution in [-0.2, 0) is 25.6 Å². The minimum atomic E-state index is -1.06. The molecule has 1 fully saturated rings. The van der Waals surface area contributed by atoms with E-state index in [2.05, 4.69) is 0 Å². The summed E-state index contributed by atoms with van der Waals surface area (Å²) in [5.41, 5.74) is 1.53. The van der Waals surface area contributed by atoms with E-state index >= 15 is 0 Å². The Balaban J connectivity index is 1.71. The van der Waals surface area contributed by atoms with Crippen LogP contribution in [0.4, 0.5) is 4.79 Å². The number of nitrogens with zero attached hydrogens (tertiary/aromatic N) is 1. The van der Waals surface area contributed by atoms with Crippen LogP contribution in [-0.4, -0.2) is 35.8 Å². The highest BCUT2D eigenvalue weighted by molar-refractivity contribution is 5.79. The number of methoxy groups -OCH3 is 1. The lowest BCUT2D eigenvalue weighted by atomic mass is 10.0. The van der Waals surface area contributed by atoms with E-state index in [1.54, 1.807) is 52.1 Å². The Morgan fingerprint density at radius 2 is 1.47 bits per heavy atom. The molecular formula is C29H31NO6. The molecule has 1 heterocycles. The van der Waals surface area contributed by atoms with Gasteiger partial charge < -0.3 is 18.9 Å². The monoisotopic (exact) mass is 489 g/mol. The molecule has 1 amide bonds. The first-order chi connectivity index (χ1) is 17.3. The lowest BCUT2D eigenvalue weighted by molar-refractivity contribution is -0.158. The number of rotatable bonds is 6. The van der Waals surface area contributed by atoms with Crippen molar-refractivity contribution < 1.29 is 28.5 Å². The molecule has 3 aromatic rings. The first-order valence-corrected chi connectivity index (χ1v) is 11.8. The van der Waals surface area contributed by atoms with Gasteiger partial charge in [-0.25, -0.2) is 9.59 Å². The Labute approximate surface area is 211 Å². The molecule has 0 radical (unpaired) electrons. The SMILES string of the molecule is COc1ccc(C2OC(C(=O)OCc3ccccc3)[C@H](c3ccccc3)N2C(=O)OC(C)(C)C)cc1. The van der Waals surface area contributed by atoms with Gasteiger partial charge in [0.05, 0.1) is 7.11 Å². The lowest BCUT2D eigenvalue weighted by Gasteiger charge is -2.31. The number of ether oxygens (including phenoxy) is 4. The second-order valence-corrected chi connectivity index (χ2v) is 9.52. The molecule has 2 unspecified atom stereocenters. The summed E-state index contributed by atoms with van der Waals surface area (Å²) >= 11 is 0. The molecule has 3 aromatic carbocycles. The van der Waals surface area contributed by atoms with Crippen LogP contribution < -0.4 is 4.74 Å². The number of carbonyl (C=O) groups excluding carboxylic acids is 2. The van der Waals surface area contributed by atoms with Crippen molar-refractivity contribution in [1.82, 2.24) is 4.90 Å². The maximum absolute atomic E-state index is 13.5. The molecule has 188 valence electrons. The second kappa shape index (κ2) is 10.8. The van der Waals surface area contributed by atoms with E-state index in [9.17, 15) is 9.59 Å². The van der Waals surface area contributed by atoms with Gasteiger partial charge in [-0.3, -0.25) is 4.90 Å². The van der Waals surface area contributed by atoms with Gasteiger partial charge >= 0.3 is 12.1 Å². The fraction of sp³-hybridized carbons (Fsp3) is 0.310. The second-order valence-electron chi connectivity index (χ2n) is 9.52. The molecule has 4 rings (SSSR count). The fourth-order valence-electron chi connectivity index (χ4n) is 4.08. The minimum absolute atomic E-state index is 0.0979. The summed E-state index contributed by atoms with van der Waals surface area (Å²) in [5, 5.41) is 0. The smallest absolute Gasteiger partial charge is 0.413 e. The van der Waals surface area contributed by atoms with Crippen molar-refractivity contribution in [3.8, 4) is 5.75 Å². The molecule has 1 saturated heterocycles. The molecule has 0 aromatic heterocycles. The fourth-order valence-corrected chi connectivity index (χ4v) is 4.08. The maximum atomic E-state index is 13.5. The number of carbonyl (C=O) groups is 2. The third-order valence-corrected chi connectivity index (χ3v) is 5.72. The van der Waals surface area contributed by atoms with Crippen molar-refractivity contribution in [3.05, 3.63) is 102 Å². The van der Waals surface area contributed by atoms with Crippen LogP contribution in [0.1, 0.15) is 49.7 Å². The molecule has 36 heavy (non-hydrogen) atoms. The van der Waals surface area contributed by atoms with E-state index in [-0.39, 0.29) is 6.61 Å². The Bertz CT molecular complexity index is 1160. The van der Waals surface area contributed by atoms with Gasteiger partial charge in [-0.05, 0) is 44.0 Å². The topological polar surface area (TPSA) is 74.3 Å². The molecular weight excluding hydrogens is 458 g/mol. The number of hydrogen-bond acceptors (Lipinski definition) is 6. The maximum Gasteiger partial charge on any atom is 0.413 e. The molecule has 0 saturated carbocycles. The van der Waals surface area contributed by atoms with Gasteiger partial charge in [0.25, 0.3) is 0 Å². The van der Waals surface area contributed by atoms with Gasteiger partial charge in [0.2, 0.25) is 0 Å². The van der Waals surface area contributed by atoms with Crippen LogP contribution >= 0.6 is 0 Å². The molecule has 0 N–H and O–H groups in total. The predicted molar refractivity (Wildman–Crippen MR) is 134 cm³/mol. The number of esters is 1. The summed E-state index contributed by atoms with van der Waals surface area (Å²) in [7, 11) is 1.58. The quantitative estimate of drug-likeness (QED) is 0.407. The average molecular weight is 490 g/mol. The Morgan fingerprint density at radius 3 is 2.06 bits per heavy atom. The molecule has 3 atom stereocenters. The van der Waals surface area contributed by atoms with E-state index < -0.39 is 36.0 Å². The van der Waals surface area contributed by atoms with Crippen molar-refractivity contribution in [2.45, 2.75) is 51.4 Å². The Kier molecular flexibility index (Phi) is 7.60. The standard InChI is InChI=1S/C29H31NO6/c1-29(2,3)36-28(32)30-24(21-13-9-6-10-14-21)25(27(31)34-19-20-11-7-5-8-12-20)35-26(30)22-15-17-23(33-4)18-16-22/h5-18,24-26H,19H2,1-4H3/t24-,25?,26?/m0/s1. The van der Waals surface area contributed by atoms with Crippen LogP contribution in [0.3, 0.4) is 0 Å². The van der Waals surface area contributed by atoms with E-state index in [0.717, 1.165) is 11.1 Å². The van der Waals surface area contributed by atoms with Crippen LogP contribution in [0, 0.1) is 0 Å². The zero-order chi connectivity index (χ0) is 25.7. The normalized spacial score (nSPS) is 19.6. The zero-order valence-corrected chi connectivity index (χ0v) is 20.9. The summed E-state index contributed by atoms with van der Waals surface area (Å²) < 4.78 is 23.0. The summed E-state index contributed by atoms with van der Waals surface area (Å²) in [6.07, 6.45) is -2.52. The first kappa shape index (κ1) is 25.3. The number of amides is 1. The average Bonchev–Trinajstić information content (AvgIpc) is 3.28. The predicted octanol–water partition coefficient (Wildman–Crippen LogP) is 5.81. The molecule has 1 aliphatic rings. The molecule has 7 heteroatoms. The van der Waals surface area contributed by atoms with Gasteiger partial charge in [-0.1, -0.05) is 72.8 Å². The summed E-state index contributed by atoms with van der Waals surface area (Å²) in [6.45, 7) is 5.49. The first-order valence-electron chi connectivity index (χ1n) is 11.8. The Hall–Kier alpha value is -3.84. The van der Waals surface area contributed by atoms with Crippen molar-refractivity contribution >= 4 is 12.1 Å². The van der Waals surface area contributed by atoms with Crippen molar-refractivity contribution in [2.24, 2.45) is 0 Å². The highest BCUT2D eigenvalue weighted by Gasteiger charge is 2.51. The van der Waals surface area contributed by atoms with Gasteiger partial charge in [0, 0.05) is 5.56 Å². The van der Waals surface area contributed by atoms with E-state index in [4.69, 9.17) is 18.9 Å². The van der Waals surface area contributed by atoms with Gasteiger partial charge in [0.15, 0.2) is 12.3 Å². The van der Waals surface area contributed by atoms with Gasteiger partial charge in [0.1, 0.15) is 24.0 Å². The third-order valence-electron chi connectivity index (χ3n) is 5.72. The minimum Gasteiger partial charge on any atom is -0.497 e. The lowest BCUT2D eigenvalue weighted by Crippen LogP contribution is -2.40. The van der Waals surface area contributed by atoms with Gasteiger partial charge in [-0.15, -0.1) is 0 Å². The molecule has 0 spiro atoms. The van der Waals surface area contributed by atoms with Crippen molar-refractivity contribution in [3.63, 3.8) is 0 Å². The number of hydrogen-bond donors (Lipinski definition) is 0. The largest absolute Gasteiger partial charge is 0.497 e. The number of benzene rings is 3. The van der Waals surface area contributed by atoms with Crippen LogP contribution in [0.2, 0.25) is 0 Å². The molecule has 0 bridgehead atoms. The van der Waals surface area contributed by atoms with Crippen LogP contribution in [0.5, 0.6) is 5.75 Å². The molecule has 0 aliphatic carbocycles. The van der Waals surface area contributed by atoms with E-state index in [1.807, 2.05) is 60.7 Å². The van der Waals surface area contributed by atoms with E-state index in [1.165, 1.54) is 4.90 Å². The van der Waals surface area contributed by atoms with E-state index in [0.29, 0.717) is 11.3 Å². The van der Waals surface area contributed by atoms with Crippen molar-refractivity contribution in [1.29, 1.82) is 0 Å². The summed E-state index contributed by atoms with van der Waals surface area (Å²) in [5.74, 6) is 0.108. The summed E-state index contributed by atoms with van der Waals surface area (Å²) in [4.78, 5) is 28.4. The van der Waals surface area contributed by atoms with Crippen LogP contribution in [0.25, 0.3) is 0 Å². The Morgan fingerprint density at radius 1 is 0.861 bits per heavy atom. The highest BCUT2D eigenvalue weighted by atomic mass is 16.6. The molecule has 7 nitrogen and oxygen atoms in total. The summed E-state index contributed by atoms with van der Waals surface area (Å²) in [6, 6.07) is 25.2. The van der Waals surface area contributed by atoms with Crippen LogP contribution in [0.15, 0.2) is 84.9 Å². The van der Waals surface area contributed by atoms with Gasteiger partial charge in [-0.2, -0.15) is 0 Å². The van der Waals surface area contributed by atoms with Crippen molar-refractivity contribution in [2.75, 3.05) is 7.11 Å². The third kappa shape index (κ3) is 5.86. The zero-order valence-electron chi connectivity index (χ0n) is 20.9. The highest BCUT2D eigenvalue weighted by Crippen LogP contribution is 2.44. The molecule has 1 aliphatic heterocycles.